The molecule has 138 valence electrons. The van der Waals surface area contributed by atoms with E-state index in [9.17, 15) is 9.59 Å². The van der Waals surface area contributed by atoms with Gasteiger partial charge < -0.3 is 9.64 Å². The molecule has 1 amide bonds. The molecule has 2 aromatic carbocycles. The summed E-state index contributed by atoms with van der Waals surface area (Å²) in [4.78, 5) is 28.3. The van der Waals surface area contributed by atoms with Crippen molar-refractivity contribution < 1.29 is 14.3 Å². The van der Waals surface area contributed by atoms with Crippen LogP contribution in [0.4, 0.5) is 0 Å². The molecule has 1 fully saturated rings. The summed E-state index contributed by atoms with van der Waals surface area (Å²) in [6.07, 6.45) is 0.890. The van der Waals surface area contributed by atoms with Crippen LogP contribution in [0.25, 0.3) is 11.0 Å². The summed E-state index contributed by atoms with van der Waals surface area (Å²) in [5.41, 5.74) is 2.48. The van der Waals surface area contributed by atoms with Crippen LogP contribution >= 0.6 is 0 Å². The van der Waals surface area contributed by atoms with Crippen LogP contribution in [0, 0.1) is 0 Å². The number of carbonyl (C=O) groups is 2. The van der Waals surface area contributed by atoms with E-state index in [1.807, 2.05) is 54.6 Å². The number of hydrogen-bond acceptors (Lipinski definition) is 5. The predicted octanol–water partition coefficient (Wildman–Crippen LogP) is 2.34. The fraction of sp³-hybridized carbons (Fsp3) is 0.300. The quantitative estimate of drug-likeness (QED) is 0.650. The van der Waals surface area contributed by atoms with Gasteiger partial charge in [0, 0.05) is 12.8 Å². The Hall–Kier alpha value is -3.22. The van der Waals surface area contributed by atoms with Crippen LogP contribution in [0.5, 0.6) is 0 Å². The van der Waals surface area contributed by atoms with Crippen molar-refractivity contribution >= 4 is 22.9 Å². The normalized spacial score (nSPS) is 18.0. The average Bonchev–Trinajstić information content (AvgIpc) is 3.29. The highest BCUT2D eigenvalue weighted by molar-refractivity contribution is 5.86. The van der Waals surface area contributed by atoms with E-state index in [-0.39, 0.29) is 5.91 Å². The molecule has 7 nitrogen and oxygen atoms in total. The summed E-state index contributed by atoms with van der Waals surface area (Å²) in [7, 11) is 1.34. The van der Waals surface area contributed by atoms with E-state index in [0.717, 1.165) is 16.6 Å². The first-order chi connectivity index (χ1) is 13.2. The van der Waals surface area contributed by atoms with Gasteiger partial charge in [0.25, 0.3) is 0 Å². The minimum absolute atomic E-state index is 0.0901. The zero-order valence-corrected chi connectivity index (χ0v) is 15.0. The number of likely N-dealkylation sites (tertiary alicyclic amines) is 1. The first-order valence-electron chi connectivity index (χ1n) is 8.92. The van der Waals surface area contributed by atoms with Crippen molar-refractivity contribution in [3.05, 3.63) is 60.2 Å². The molecule has 3 aromatic rings. The van der Waals surface area contributed by atoms with Crippen molar-refractivity contribution in [2.75, 3.05) is 7.11 Å². The first kappa shape index (κ1) is 17.2. The SMILES string of the molecule is COC(=O)C(Cc1ccccc1)N1C(=O)CCC1n1nc2ccccc2n1. The molecular formula is C20H20N4O3. The third-order valence-corrected chi connectivity index (χ3v) is 4.88. The molecule has 1 aromatic heterocycles. The summed E-state index contributed by atoms with van der Waals surface area (Å²) in [6, 6.07) is 16.4. The highest BCUT2D eigenvalue weighted by Crippen LogP contribution is 2.31. The van der Waals surface area contributed by atoms with E-state index in [4.69, 9.17) is 4.74 Å². The lowest BCUT2D eigenvalue weighted by Gasteiger charge is -2.30. The van der Waals surface area contributed by atoms with Crippen molar-refractivity contribution in [3.8, 4) is 0 Å². The minimum Gasteiger partial charge on any atom is -0.467 e. The Morgan fingerprint density at radius 2 is 1.74 bits per heavy atom. The number of esters is 1. The molecule has 0 aliphatic carbocycles. The molecule has 0 spiro atoms. The smallest absolute Gasteiger partial charge is 0.329 e. The Morgan fingerprint density at radius 1 is 1.11 bits per heavy atom. The van der Waals surface area contributed by atoms with Crippen molar-refractivity contribution in [2.45, 2.75) is 31.5 Å². The van der Waals surface area contributed by atoms with Gasteiger partial charge >= 0.3 is 5.97 Å². The zero-order valence-electron chi connectivity index (χ0n) is 15.0. The minimum atomic E-state index is -0.716. The molecule has 2 atom stereocenters. The van der Waals surface area contributed by atoms with Crippen LogP contribution in [0.15, 0.2) is 54.6 Å². The summed E-state index contributed by atoms with van der Waals surface area (Å²) in [5.74, 6) is -0.525. The molecule has 1 saturated heterocycles. The van der Waals surface area contributed by atoms with Crippen LogP contribution in [0.1, 0.15) is 24.6 Å². The van der Waals surface area contributed by atoms with Crippen LogP contribution in [-0.4, -0.2) is 44.9 Å². The lowest BCUT2D eigenvalue weighted by molar-refractivity contribution is -0.154. The highest BCUT2D eigenvalue weighted by Gasteiger charge is 2.42. The Balaban J connectivity index is 1.69. The number of hydrogen-bond donors (Lipinski definition) is 0. The monoisotopic (exact) mass is 364 g/mol. The van der Waals surface area contributed by atoms with Crippen LogP contribution in [0.3, 0.4) is 0 Å². The van der Waals surface area contributed by atoms with Gasteiger partial charge in [0.1, 0.15) is 23.2 Å². The van der Waals surface area contributed by atoms with E-state index in [0.29, 0.717) is 19.3 Å². The van der Waals surface area contributed by atoms with Crippen molar-refractivity contribution in [2.24, 2.45) is 0 Å². The number of carbonyl (C=O) groups excluding carboxylic acids is 2. The maximum Gasteiger partial charge on any atom is 0.329 e. The number of rotatable bonds is 5. The van der Waals surface area contributed by atoms with E-state index in [1.54, 1.807) is 9.70 Å². The number of ether oxygens (including phenoxy) is 1. The topological polar surface area (TPSA) is 77.3 Å². The maximum atomic E-state index is 12.7. The molecule has 0 saturated carbocycles. The van der Waals surface area contributed by atoms with Gasteiger partial charge in [-0.15, -0.1) is 0 Å². The first-order valence-corrected chi connectivity index (χ1v) is 8.92. The van der Waals surface area contributed by atoms with Gasteiger partial charge in [-0.1, -0.05) is 42.5 Å². The van der Waals surface area contributed by atoms with Crippen molar-refractivity contribution in [1.82, 2.24) is 19.9 Å². The Bertz CT molecular complexity index is 937. The van der Waals surface area contributed by atoms with Crippen LogP contribution in [0.2, 0.25) is 0 Å². The number of amides is 1. The summed E-state index contributed by atoms with van der Waals surface area (Å²) in [6.45, 7) is 0. The average molecular weight is 364 g/mol. The second-order valence-corrected chi connectivity index (χ2v) is 6.56. The van der Waals surface area contributed by atoms with Gasteiger partial charge in [-0.05, 0) is 24.1 Å². The molecule has 1 aliphatic rings. The largest absolute Gasteiger partial charge is 0.467 e. The number of methoxy groups -OCH3 is 1. The van der Waals surface area contributed by atoms with Gasteiger partial charge in [-0.2, -0.15) is 15.0 Å². The fourth-order valence-electron chi connectivity index (χ4n) is 3.57. The third-order valence-electron chi connectivity index (χ3n) is 4.88. The fourth-order valence-corrected chi connectivity index (χ4v) is 3.57. The van der Waals surface area contributed by atoms with E-state index >= 15 is 0 Å². The van der Waals surface area contributed by atoms with E-state index in [1.165, 1.54) is 7.11 Å². The van der Waals surface area contributed by atoms with Gasteiger partial charge in [0.05, 0.1) is 7.11 Å². The number of fused-ring (bicyclic) bond motifs is 1. The summed E-state index contributed by atoms with van der Waals surface area (Å²) >= 11 is 0. The highest BCUT2D eigenvalue weighted by atomic mass is 16.5. The lowest BCUT2D eigenvalue weighted by Crippen LogP contribution is -2.47. The third kappa shape index (κ3) is 3.28. The Labute approximate surface area is 156 Å². The lowest BCUT2D eigenvalue weighted by atomic mass is 10.0. The van der Waals surface area contributed by atoms with Crippen molar-refractivity contribution in [1.29, 1.82) is 0 Å². The number of benzene rings is 2. The van der Waals surface area contributed by atoms with E-state index in [2.05, 4.69) is 10.2 Å². The van der Waals surface area contributed by atoms with Crippen LogP contribution < -0.4 is 0 Å². The standard InChI is InChI=1S/C20H20N4O3/c1-27-20(26)17(13-14-7-3-2-4-8-14)23-18(11-12-19(23)25)24-21-15-9-5-6-10-16(15)22-24/h2-10,17-18H,11-13H2,1H3. The molecular weight excluding hydrogens is 344 g/mol. The molecule has 27 heavy (non-hydrogen) atoms. The predicted molar refractivity (Wildman–Crippen MR) is 98.6 cm³/mol. The maximum absolute atomic E-state index is 12.7. The van der Waals surface area contributed by atoms with Gasteiger partial charge in [0.15, 0.2) is 0 Å². The Morgan fingerprint density at radius 3 is 2.37 bits per heavy atom. The Kier molecular flexibility index (Phi) is 4.58. The summed E-state index contributed by atoms with van der Waals surface area (Å²) in [5, 5.41) is 9.03. The van der Waals surface area contributed by atoms with Crippen LogP contribution in [-0.2, 0) is 20.7 Å². The molecule has 1 aliphatic heterocycles. The molecule has 4 rings (SSSR count). The molecule has 2 heterocycles. The van der Waals surface area contributed by atoms with Gasteiger partial charge in [-0.3, -0.25) is 4.79 Å². The molecule has 0 radical (unpaired) electrons. The molecule has 2 unspecified atom stereocenters. The van der Waals surface area contributed by atoms with Crippen molar-refractivity contribution in [3.63, 3.8) is 0 Å². The molecule has 0 bridgehead atoms. The second kappa shape index (κ2) is 7.19. The second-order valence-electron chi connectivity index (χ2n) is 6.56. The van der Waals surface area contributed by atoms with Gasteiger partial charge in [0.2, 0.25) is 5.91 Å². The molecule has 0 N–H and O–H groups in total. The van der Waals surface area contributed by atoms with E-state index < -0.39 is 18.2 Å². The molecule has 7 heteroatoms. The number of aromatic nitrogens is 3. The summed E-state index contributed by atoms with van der Waals surface area (Å²) < 4.78 is 5.01. The van der Waals surface area contributed by atoms with Gasteiger partial charge in [-0.25, -0.2) is 4.79 Å². The number of nitrogens with zero attached hydrogens (tertiary/aromatic N) is 4. The zero-order chi connectivity index (χ0) is 18.8.